The quantitative estimate of drug-likeness (QED) is 0.383. The number of hydrogen-bond donors (Lipinski definition) is 3. The van der Waals surface area contributed by atoms with Gasteiger partial charge in [0.2, 0.25) is 5.91 Å². The third kappa shape index (κ3) is 6.63. The van der Waals surface area contributed by atoms with E-state index >= 15 is 0 Å². The molecule has 0 heterocycles. The number of hydrogen-bond acceptors (Lipinski definition) is 4. The highest BCUT2D eigenvalue weighted by atomic mass is 32.1. The first-order valence-electron chi connectivity index (χ1n) is 10.6. The van der Waals surface area contributed by atoms with Crippen LogP contribution in [0.15, 0.2) is 78.9 Å². The number of ether oxygens (including phenoxy) is 1. The van der Waals surface area contributed by atoms with E-state index < -0.39 is 17.9 Å². The van der Waals surface area contributed by atoms with Crippen molar-refractivity contribution in [2.75, 3.05) is 0 Å². The van der Waals surface area contributed by atoms with Crippen LogP contribution in [0.25, 0.3) is 0 Å². The third-order valence-electron chi connectivity index (χ3n) is 5.22. The minimum atomic E-state index is -0.764. The summed E-state index contributed by atoms with van der Waals surface area (Å²) in [6.45, 7) is 5.62. The van der Waals surface area contributed by atoms with E-state index in [1.807, 2.05) is 92.7 Å². The number of thiocarbonyl (C=S) groups is 1. The van der Waals surface area contributed by atoms with E-state index in [2.05, 4.69) is 16.2 Å². The molecule has 0 aliphatic rings. The SMILES string of the molecule is Cc1ccc(OC(C)C(=O)NNC(=S)NC(=O)C(c2ccccc2)c2ccccc2)cc1C. The zero-order valence-corrected chi connectivity index (χ0v) is 19.6. The largest absolute Gasteiger partial charge is 0.481 e. The molecule has 3 aromatic rings. The smallest absolute Gasteiger partial charge is 0.279 e. The molecule has 3 N–H and O–H groups in total. The van der Waals surface area contributed by atoms with Crippen molar-refractivity contribution >= 4 is 29.1 Å². The van der Waals surface area contributed by atoms with Gasteiger partial charge in [-0.05, 0) is 67.4 Å². The van der Waals surface area contributed by atoms with Crippen molar-refractivity contribution in [3.63, 3.8) is 0 Å². The van der Waals surface area contributed by atoms with Gasteiger partial charge in [0.05, 0.1) is 5.92 Å². The highest BCUT2D eigenvalue weighted by Gasteiger charge is 2.23. The van der Waals surface area contributed by atoms with Crippen LogP contribution in [-0.4, -0.2) is 23.0 Å². The van der Waals surface area contributed by atoms with Gasteiger partial charge in [0.1, 0.15) is 5.75 Å². The number of benzene rings is 3. The van der Waals surface area contributed by atoms with E-state index in [4.69, 9.17) is 17.0 Å². The fourth-order valence-corrected chi connectivity index (χ4v) is 3.42. The average molecular weight is 462 g/mol. The van der Waals surface area contributed by atoms with Crippen LogP contribution < -0.4 is 20.9 Å². The highest BCUT2D eigenvalue weighted by Crippen LogP contribution is 2.24. The summed E-state index contributed by atoms with van der Waals surface area (Å²) in [5, 5.41) is 2.65. The number of aryl methyl sites for hydroxylation is 2. The predicted octanol–water partition coefficient (Wildman–Crippen LogP) is 3.92. The minimum absolute atomic E-state index is 0.0106. The summed E-state index contributed by atoms with van der Waals surface area (Å²) >= 11 is 5.22. The first-order chi connectivity index (χ1) is 15.8. The number of amides is 2. The van der Waals surface area contributed by atoms with Gasteiger partial charge in [0.15, 0.2) is 11.2 Å². The molecule has 0 saturated carbocycles. The molecule has 0 spiro atoms. The lowest BCUT2D eigenvalue weighted by molar-refractivity contribution is -0.128. The van der Waals surface area contributed by atoms with Crippen molar-refractivity contribution in [3.8, 4) is 5.75 Å². The summed E-state index contributed by atoms with van der Waals surface area (Å²) in [7, 11) is 0. The molecule has 0 radical (unpaired) electrons. The molecule has 0 aromatic heterocycles. The normalized spacial score (nSPS) is 11.4. The summed E-state index contributed by atoms with van der Waals surface area (Å²) in [5.41, 5.74) is 8.96. The Hall–Kier alpha value is -3.71. The fraction of sp³-hybridized carbons (Fsp3) is 0.192. The van der Waals surface area contributed by atoms with Crippen molar-refractivity contribution in [2.24, 2.45) is 0 Å². The molecule has 3 rings (SSSR count). The molecule has 2 amide bonds. The Labute approximate surface area is 199 Å². The summed E-state index contributed by atoms with van der Waals surface area (Å²) in [4.78, 5) is 25.5. The van der Waals surface area contributed by atoms with Crippen LogP contribution in [-0.2, 0) is 9.59 Å². The maximum absolute atomic E-state index is 13.1. The Bertz CT molecular complexity index is 1080. The third-order valence-corrected chi connectivity index (χ3v) is 5.43. The molecule has 7 heteroatoms. The summed E-state index contributed by atoms with van der Waals surface area (Å²) < 4.78 is 5.70. The Balaban J connectivity index is 1.58. The summed E-state index contributed by atoms with van der Waals surface area (Å²) in [6, 6.07) is 24.5. The van der Waals surface area contributed by atoms with E-state index in [0.717, 1.165) is 22.3 Å². The van der Waals surface area contributed by atoms with Crippen molar-refractivity contribution in [2.45, 2.75) is 32.8 Å². The second kappa shape index (κ2) is 11.2. The Morgan fingerprint density at radius 1 is 0.788 bits per heavy atom. The van der Waals surface area contributed by atoms with Crippen LogP contribution in [0.2, 0.25) is 0 Å². The predicted molar refractivity (Wildman–Crippen MR) is 133 cm³/mol. The van der Waals surface area contributed by atoms with Crippen LogP contribution in [0.5, 0.6) is 5.75 Å². The molecule has 170 valence electrons. The van der Waals surface area contributed by atoms with E-state index in [1.54, 1.807) is 6.92 Å². The minimum Gasteiger partial charge on any atom is -0.481 e. The van der Waals surface area contributed by atoms with E-state index in [-0.39, 0.29) is 11.0 Å². The molecule has 0 bridgehead atoms. The van der Waals surface area contributed by atoms with E-state index in [0.29, 0.717) is 5.75 Å². The molecule has 1 unspecified atom stereocenters. The zero-order chi connectivity index (χ0) is 23.8. The van der Waals surface area contributed by atoms with Crippen molar-refractivity contribution in [3.05, 3.63) is 101 Å². The van der Waals surface area contributed by atoms with Crippen LogP contribution in [0.3, 0.4) is 0 Å². The van der Waals surface area contributed by atoms with Crippen molar-refractivity contribution < 1.29 is 14.3 Å². The van der Waals surface area contributed by atoms with Gasteiger partial charge >= 0.3 is 0 Å². The topological polar surface area (TPSA) is 79.5 Å². The van der Waals surface area contributed by atoms with Crippen LogP contribution in [0.1, 0.15) is 35.1 Å². The zero-order valence-electron chi connectivity index (χ0n) is 18.8. The van der Waals surface area contributed by atoms with Gasteiger partial charge in [-0.3, -0.25) is 20.4 Å². The van der Waals surface area contributed by atoms with Crippen molar-refractivity contribution in [1.29, 1.82) is 0 Å². The molecule has 6 nitrogen and oxygen atoms in total. The summed E-state index contributed by atoms with van der Waals surface area (Å²) in [5.74, 6) is -0.675. The lowest BCUT2D eigenvalue weighted by Gasteiger charge is -2.20. The van der Waals surface area contributed by atoms with Gasteiger partial charge in [-0.2, -0.15) is 0 Å². The van der Waals surface area contributed by atoms with E-state index in [1.165, 1.54) is 0 Å². The van der Waals surface area contributed by atoms with Gasteiger partial charge in [0.25, 0.3) is 5.91 Å². The average Bonchev–Trinajstić information content (AvgIpc) is 2.81. The molecule has 0 aliphatic heterocycles. The molecule has 3 aromatic carbocycles. The van der Waals surface area contributed by atoms with E-state index in [9.17, 15) is 9.59 Å². The molecular weight excluding hydrogens is 434 g/mol. The number of carbonyl (C=O) groups excluding carboxylic acids is 2. The van der Waals surface area contributed by atoms with Crippen LogP contribution >= 0.6 is 12.2 Å². The molecular formula is C26H27N3O3S. The maximum atomic E-state index is 13.1. The van der Waals surface area contributed by atoms with Gasteiger partial charge in [-0.15, -0.1) is 0 Å². The lowest BCUT2D eigenvalue weighted by atomic mass is 9.90. The van der Waals surface area contributed by atoms with Gasteiger partial charge in [-0.1, -0.05) is 66.7 Å². The van der Waals surface area contributed by atoms with Crippen LogP contribution in [0.4, 0.5) is 0 Å². The van der Waals surface area contributed by atoms with Gasteiger partial charge < -0.3 is 10.1 Å². The number of carbonyl (C=O) groups is 2. The highest BCUT2D eigenvalue weighted by molar-refractivity contribution is 7.80. The second-order valence-electron chi connectivity index (χ2n) is 7.69. The van der Waals surface area contributed by atoms with Crippen molar-refractivity contribution in [1.82, 2.24) is 16.2 Å². The molecule has 0 aliphatic carbocycles. The number of rotatable bonds is 6. The maximum Gasteiger partial charge on any atom is 0.279 e. The molecule has 0 saturated heterocycles. The fourth-order valence-electron chi connectivity index (χ4n) is 3.27. The first kappa shape index (κ1) is 23.9. The first-order valence-corrected chi connectivity index (χ1v) is 11.0. The number of hydrazine groups is 1. The van der Waals surface area contributed by atoms with Crippen LogP contribution in [0, 0.1) is 13.8 Å². The monoisotopic (exact) mass is 461 g/mol. The van der Waals surface area contributed by atoms with Gasteiger partial charge in [-0.25, -0.2) is 0 Å². The molecule has 33 heavy (non-hydrogen) atoms. The second-order valence-corrected chi connectivity index (χ2v) is 8.10. The lowest BCUT2D eigenvalue weighted by Crippen LogP contribution is -2.52. The van der Waals surface area contributed by atoms with Gasteiger partial charge in [0, 0.05) is 0 Å². The molecule has 1 atom stereocenters. The molecule has 0 fully saturated rings. The Morgan fingerprint density at radius 3 is 1.91 bits per heavy atom. The summed E-state index contributed by atoms with van der Waals surface area (Å²) in [6.07, 6.45) is -0.764. The number of nitrogens with one attached hydrogen (secondary N) is 3. The Kier molecular flexibility index (Phi) is 8.16. The Morgan fingerprint density at radius 2 is 1.36 bits per heavy atom. The standard InChI is InChI=1S/C26H27N3O3S/c1-17-14-15-22(16-18(17)2)32-19(3)24(30)28-29-26(33)27-25(31)23(20-10-6-4-7-11-20)21-12-8-5-9-13-21/h4-16,19,23H,1-3H3,(H,28,30)(H2,27,29,31,33).